The molecule has 1 saturated heterocycles. The second-order valence-corrected chi connectivity index (χ2v) is 6.42. The van der Waals surface area contributed by atoms with Crippen LogP contribution in [0.5, 0.6) is 0 Å². The Kier molecular flexibility index (Phi) is 3.83. The van der Waals surface area contributed by atoms with Gasteiger partial charge in [-0.15, -0.1) is 0 Å². The third-order valence-electron chi connectivity index (χ3n) is 4.08. The van der Waals surface area contributed by atoms with Crippen molar-refractivity contribution in [2.75, 3.05) is 6.54 Å². The topological polar surface area (TPSA) is 68.2 Å². The minimum Gasteiger partial charge on any atom is -0.441 e. The molecule has 0 unspecified atom stereocenters. The quantitative estimate of drug-likeness (QED) is 0.859. The minimum atomic E-state index is -0.669. The number of amides is 2. The Balaban J connectivity index is 1.90. The predicted molar refractivity (Wildman–Crippen MR) is 83.9 cm³/mol. The van der Waals surface area contributed by atoms with Gasteiger partial charge in [0.05, 0.1) is 6.54 Å². The average molecular weight is 316 g/mol. The molecule has 0 spiro atoms. The summed E-state index contributed by atoms with van der Waals surface area (Å²) in [6.45, 7) is 5.74. The summed E-state index contributed by atoms with van der Waals surface area (Å²) in [6.07, 6.45) is -0.342. The first-order valence-corrected chi connectivity index (χ1v) is 7.76. The van der Waals surface area contributed by atoms with Crippen LogP contribution in [0, 0.1) is 5.92 Å². The Morgan fingerprint density at radius 2 is 2.04 bits per heavy atom. The van der Waals surface area contributed by atoms with Gasteiger partial charge < -0.3 is 9.57 Å². The molecule has 2 atom stereocenters. The molecule has 122 valence electrons. The molecular formula is C17H20N2O4. The van der Waals surface area contributed by atoms with E-state index in [1.165, 1.54) is 4.90 Å². The van der Waals surface area contributed by atoms with Crippen LogP contribution >= 0.6 is 0 Å². The van der Waals surface area contributed by atoms with Crippen molar-refractivity contribution in [2.45, 2.75) is 38.9 Å². The summed E-state index contributed by atoms with van der Waals surface area (Å²) >= 11 is 0. The van der Waals surface area contributed by atoms with Crippen molar-refractivity contribution < 1.29 is 19.2 Å². The van der Waals surface area contributed by atoms with Gasteiger partial charge >= 0.3 is 6.09 Å². The van der Waals surface area contributed by atoms with Crippen LogP contribution in [0.2, 0.25) is 0 Å². The first-order valence-electron chi connectivity index (χ1n) is 7.76. The van der Waals surface area contributed by atoms with Gasteiger partial charge in [-0.05, 0) is 20.3 Å². The lowest BCUT2D eigenvalue weighted by Crippen LogP contribution is -2.44. The molecule has 23 heavy (non-hydrogen) atoms. The van der Waals surface area contributed by atoms with Crippen molar-refractivity contribution in [3.63, 3.8) is 0 Å². The lowest BCUT2D eigenvalue weighted by Gasteiger charge is -2.21. The van der Waals surface area contributed by atoms with E-state index in [4.69, 9.17) is 9.57 Å². The van der Waals surface area contributed by atoms with Crippen LogP contribution in [0.25, 0.3) is 0 Å². The van der Waals surface area contributed by atoms with Crippen LogP contribution < -0.4 is 0 Å². The van der Waals surface area contributed by atoms with Crippen LogP contribution in [0.15, 0.2) is 35.5 Å². The second kappa shape index (κ2) is 5.68. The zero-order valence-electron chi connectivity index (χ0n) is 13.5. The van der Waals surface area contributed by atoms with Gasteiger partial charge in [-0.2, -0.15) is 0 Å². The summed E-state index contributed by atoms with van der Waals surface area (Å²) in [5, 5.41) is 4.11. The first kappa shape index (κ1) is 15.5. The van der Waals surface area contributed by atoms with E-state index < -0.39 is 17.6 Å². The monoisotopic (exact) mass is 316 g/mol. The van der Waals surface area contributed by atoms with Crippen molar-refractivity contribution >= 4 is 17.7 Å². The van der Waals surface area contributed by atoms with Gasteiger partial charge in [-0.25, -0.2) is 9.69 Å². The van der Waals surface area contributed by atoms with Gasteiger partial charge in [0.25, 0.3) is 0 Å². The van der Waals surface area contributed by atoms with Crippen LogP contribution in [0.4, 0.5) is 4.79 Å². The SMILES string of the molecule is CC[C@@H]1ON=C(c2ccccc2)[C@H]1C(=O)N1CC(C)(C)OC1=O. The molecule has 0 N–H and O–H groups in total. The molecule has 0 bridgehead atoms. The molecule has 2 aliphatic rings. The van der Waals surface area contributed by atoms with Gasteiger partial charge in [-0.3, -0.25) is 4.79 Å². The van der Waals surface area contributed by atoms with Gasteiger partial charge in [0.2, 0.25) is 5.91 Å². The summed E-state index contributed by atoms with van der Waals surface area (Å²) in [7, 11) is 0. The van der Waals surface area contributed by atoms with Crippen molar-refractivity contribution in [1.82, 2.24) is 4.90 Å². The number of carbonyl (C=O) groups is 2. The van der Waals surface area contributed by atoms with Crippen molar-refractivity contribution in [1.29, 1.82) is 0 Å². The normalized spacial score (nSPS) is 25.8. The van der Waals surface area contributed by atoms with E-state index in [0.717, 1.165) is 5.56 Å². The molecule has 1 aromatic carbocycles. The Bertz CT molecular complexity index is 654. The summed E-state index contributed by atoms with van der Waals surface area (Å²) < 4.78 is 5.24. The summed E-state index contributed by atoms with van der Waals surface area (Å²) in [6, 6.07) is 9.42. The van der Waals surface area contributed by atoms with Gasteiger partial charge in [0.15, 0.2) is 0 Å². The van der Waals surface area contributed by atoms with Crippen molar-refractivity contribution in [3.8, 4) is 0 Å². The molecule has 2 aliphatic heterocycles. The number of nitrogens with zero attached hydrogens (tertiary/aromatic N) is 2. The highest BCUT2D eigenvalue weighted by Crippen LogP contribution is 2.30. The number of hydrogen-bond acceptors (Lipinski definition) is 5. The first-order chi connectivity index (χ1) is 10.9. The standard InChI is InChI=1S/C17H20N2O4/c1-4-12-13(14(18-23-12)11-8-6-5-7-9-11)15(20)19-10-17(2,3)22-16(19)21/h5-9,12-13H,4,10H2,1-3H3/t12-,13-/m0/s1. The maximum absolute atomic E-state index is 13.0. The highest BCUT2D eigenvalue weighted by molar-refractivity contribution is 6.16. The minimum absolute atomic E-state index is 0.236. The fourth-order valence-electron chi connectivity index (χ4n) is 2.95. The number of imide groups is 1. The van der Waals surface area contributed by atoms with Crippen LogP contribution in [-0.2, 0) is 14.4 Å². The Labute approximate surface area is 135 Å². The molecule has 0 saturated carbocycles. The fourth-order valence-corrected chi connectivity index (χ4v) is 2.95. The number of oxime groups is 1. The zero-order valence-corrected chi connectivity index (χ0v) is 13.5. The lowest BCUT2D eigenvalue weighted by molar-refractivity contribution is -0.132. The average Bonchev–Trinajstić information content (AvgIpc) is 3.07. The van der Waals surface area contributed by atoms with E-state index in [2.05, 4.69) is 5.16 Å². The molecule has 0 aromatic heterocycles. The number of carbonyl (C=O) groups excluding carboxylic acids is 2. The maximum Gasteiger partial charge on any atom is 0.417 e. The number of ether oxygens (including phenoxy) is 1. The van der Waals surface area contributed by atoms with E-state index in [9.17, 15) is 9.59 Å². The molecule has 0 aliphatic carbocycles. The molecule has 3 rings (SSSR count). The van der Waals surface area contributed by atoms with Gasteiger partial charge in [-0.1, -0.05) is 42.4 Å². The molecule has 0 radical (unpaired) electrons. The summed E-state index contributed by atoms with van der Waals surface area (Å²) in [5.74, 6) is -0.906. The maximum atomic E-state index is 13.0. The summed E-state index contributed by atoms with van der Waals surface area (Å²) in [5.41, 5.74) is 0.728. The third-order valence-corrected chi connectivity index (χ3v) is 4.08. The molecule has 2 amide bonds. The highest BCUT2D eigenvalue weighted by Gasteiger charge is 2.48. The van der Waals surface area contributed by atoms with Crippen molar-refractivity contribution in [2.24, 2.45) is 11.1 Å². The smallest absolute Gasteiger partial charge is 0.417 e. The van der Waals surface area contributed by atoms with E-state index in [1.807, 2.05) is 37.3 Å². The summed E-state index contributed by atoms with van der Waals surface area (Å²) in [4.78, 5) is 31.6. The molecule has 1 aromatic rings. The predicted octanol–water partition coefficient (Wildman–Crippen LogP) is 2.57. The highest BCUT2D eigenvalue weighted by atomic mass is 16.6. The van der Waals surface area contributed by atoms with E-state index in [1.54, 1.807) is 13.8 Å². The van der Waals surface area contributed by atoms with Crippen LogP contribution in [0.3, 0.4) is 0 Å². The third kappa shape index (κ3) is 2.81. The van der Waals surface area contributed by atoms with Gasteiger partial charge in [0.1, 0.15) is 23.3 Å². The van der Waals surface area contributed by atoms with E-state index >= 15 is 0 Å². The van der Waals surface area contributed by atoms with E-state index in [-0.39, 0.29) is 18.6 Å². The largest absolute Gasteiger partial charge is 0.441 e. The number of hydrogen-bond donors (Lipinski definition) is 0. The van der Waals surface area contributed by atoms with Crippen LogP contribution in [-0.4, -0.2) is 40.9 Å². The molecule has 1 fully saturated rings. The number of cyclic esters (lactones) is 1. The fraction of sp³-hybridized carbons (Fsp3) is 0.471. The molecule has 6 nitrogen and oxygen atoms in total. The number of benzene rings is 1. The van der Waals surface area contributed by atoms with Gasteiger partial charge in [0, 0.05) is 5.56 Å². The lowest BCUT2D eigenvalue weighted by atomic mass is 9.89. The second-order valence-electron chi connectivity index (χ2n) is 6.42. The molecular weight excluding hydrogens is 296 g/mol. The Hall–Kier alpha value is -2.37. The van der Waals surface area contributed by atoms with Crippen LogP contribution in [0.1, 0.15) is 32.8 Å². The zero-order chi connectivity index (χ0) is 16.6. The molecule has 6 heteroatoms. The van der Waals surface area contributed by atoms with Crippen molar-refractivity contribution in [3.05, 3.63) is 35.9 Å². The Morgan fingerprint density at radius 1 is 1.35 bits per heavy atom. The molecule has 2 heterocycles. The number of rotatable bonds is 3. The Morgan fingerprint density at radius 3 is 2.61 bits per heavy atom. The van der Waals surface area contributed by atoms with E-state index in [0.29, 0.717) is 12.1 Å².